The number of hydrogen-bond acceptors (Lipinski definition) is 4. The molecule has 0 atom stereocenters. The van der Waals surface area contributed by atoms with E-state index in [1.54, 1.807) is 0 Å². The van der Waals surface area contributed by atoms with Gasteiger partial charge in [-0.25, -0.2) is 4.98 Å². The first-order valence-electron chi connectivity index (χ1n) is 8.37. The highest BCUT2D eigenvalue weighted by atomic mass is 16.5. The highest BCUT2D eigenvalue weighted by Crippen LogP contribution is 2.26. The second-order valence-electron chi connectivity index (χ2n) is 6.20. The van der Waals surface area contributed by atoms with E-state index in [0.29, 0.717) is 17.3 Å². The van der Waals surface area contributed by atoms with Crippen LogP contribution in [0.1, 0.15) is 36.1 Å². The van der Waals surface area contributed by atoms with Gasteiger partial charge in [-0.15, -0.1) is 0 Å². The number of hydrogen-bond donors (Lipinski definition) is 1. The number of ether oxygens (including phenoxy) is 1. The van der Waals surface area contributed by atoms with Gasteiger partial charge in [-0.3, -0.25) is 0 Å². The number of piperidine rings is 1. The van der Waals surface area contributed by atoms with Crippen LogP contribution in [0.5, 0.6) is 11.6 Å². The SMILES string of the molecule is Cc1cccc(Oc2nc(C)ccc2/C(=N/O)N2CCCCC2)c1. The lowest BCUT2D eigenvalue weighted by molar-refractivity contribution is 0.285. The Hall–Kier alpha value is -2.56. The van der Waals surface area contributed by atoms with Crippen molar-refractivity contribution in [1.82, 2.24) is 9.88 Å². The van der Waals surface area contributed by atoms with Gasteiger partial charge in [0.2, 0.25) is 5.88 Å². The monoisotopic (exact) mass is 325 g/mol. The second-order valence-corrected chi connectivity index (χ2v) is 6.20. The maximum atomic E-state index is 9.60. The molecule has 1 N–H and O–H groups in total. The number of aromatic nitrogens is 1. The lowest BCUT2D eigenvalue weighted by Crippen LogP contribution is -2.36. The minimum atomic E-state index is 0.471. The van der Waals surface area contributed by atoms with Crippen LogP contribution < -0.4 is 4.74 Å². The molecule has 0 unspecified atom stereocenters. The van der Waals surface area contributed by atoms with Crippen LogP contribution in [-0.2, 0) is 0 Å². The average Bonchev–Trinajstić information content (AvgIpc) is 2.58. The van der Waals surface area contributed by atoms with Gasteiger partial charge in [-0.2, -0.15) is 0 Å². The summed E-state index contributed by atoms with van der Waals surface area (Å²) in [4.78, 5) is 6.62. The molecule has 5 nitrogen and oxygen atoms in total. The molecule has 2 aromatic rings. The number of nitrogens with zero attached hydrogens (tertiary/aromatic N) is 3. The number of rotatable bonds is 3. The Bertz CT molecular complexity index is 737. The molecule has 24 heavy (non-hydrogen) atoms. The van der Waals surface area contributed by atoms with Gasteiger partial charge in [0.25, 0.3) is 0 Å². The fourth-order valence-electron chi connectivity index (χ4n) is 2.96. The van der Waals surface area contributed by atoms with Crippen molar-refractivity contribution in [1.29, 1.82) is 0 Å². The van der Waals surface area contributed by atoms with Crippen molar-refractivity contribution in [2.75, 3.05) is 13.1 Å². The van der Waals surface area contributed by atoms with Crippen LogP contribution in [0.15, 0.2) is 41.6 Å². The predicted octanol–water partition coefficient (Wildman–Crippen LogP) is 4.11. The van der Waals surface area contributed by atoms with E-state index in [0.717, 1.165) is 42.9 Å². The van der Waals surface area contributed by atoms with E-state index in [1.165, 1.54) is 6.42 Å². The van der Waals surface area contributed by atoms with Crippen LogP contribution in [0.2, 0.25) is 0 Å². The van der Waals surface area contributed by atoms with Crippen LogP contribution in [0, 0.1) is 13.8 Å². The van der Waals surface area contributed by atoms with Crippen LogP contribution >= 0.6 is 0 Å². The second kappa shape index (κ2) is 7.34. The highest BCUT2D eigenvalue weighted by molar-refractivity contribution is 6.00. The summed E-state index contributed by atoms with van der Waals surface area (Å²) in [6.45, 7) is 5.71. The largest absolute Gasteiger partial charge is 0.438 e. The van der Waals surface area contributed by atoms with Crippen molar-refractivity contribution in [2.24, 2.45) is 5.16 Å². The third-order valence-electron chi connectivity index (χ3n) is 4.19. The molecule has 1 aromatic carbocycles. The zero-order chi connectivity index (χ0) is 16.9. The first-order chi connectivity index (χ1) is 11.7. The summed E-state index contributed by atoms with van der Waals surface area (Å²) in [6, 6.07) is 11.7. The fourth-order valence-corrected chi connectivity index (χ4v) is 2.96. The van der Waals surface area contributed by atoms with Crippen LogP contribution in [0.3, 0.4) is 0 Å². The van der Waals surface area contributed by atoms with Gasteiger partial charge in [0.05, 0.1) is 5.56 Å². The predicted molar refractivity (Wildman–Crippen MR) is 94.0 cm³/mol. The van der Waals surface area contributed by atoms with Gasteiger partial charge in [0.1, 0.15) is 5.75 Å². The minimum absolute atomic E-state index is 0.471. The number of aryl methyl sites for hydroxylation is 2. The van der Waals surface area contributed by atoms with Crippen LogP contribution in [0.25, 0.3) is 0 Å². The zero-order valence-electron chi connectivity index (χ0n) is 14.2. The molecule has 0 bridgehead atoms. The highest BCUT2D eigenvalue weighted by Gasteiger charge is 2.22. The summed E-state index contributed by atoms with van der Waals surface area (Å²) in [7, 11) is 0. The molecular weight excluding hydrogens is 302 g/mol. The fraction of sp³-hybridized carbons (Fsp3) is 0.368. The van der Waals surface area contributed by atoms with Crippen molar-refractivity contribution >= 4 is 5.84 Å². The Morgan fingerprint density at radius 1 is 1.12 bits per heavy atom. The quantitative estimate of drug-likeness (QED) is 0.399. The van der Waals surface area contributed by atoms with Gasteiger partial charge < -0.3 is 14.8 Å². The molecule has 0 aliphatic carbocycles. The summed E-state index contributed by atoms with van der Waals surface area (Å²) in [6.07, 6.45) is 3.42. The lowest BCUT2D eigenvalue weighted by atomic mass is 10.1. The lowest BCUT2D eigenvalue weighted by Gasteiger charge is -2.29. The van der Waals surface area contributed by atoms with E-state index in [2.05, 4.69) is 15.0 Å². The molecule has 1 saturated heterocycles. The molecule has 0 radical (unpaired) electrons. The molecular formula is C19H23N3O2. The standard InChI is InChI=1S/C19H23N3O2/c1-14-7-6-8-16(13-14)24-19-17(10-9-15(2)20-19)18(21-23)22-11-4-3-5-12-22/h6-10,13,23H,3-5,11-12H2,1-2H3/b21-18-. The summed E-state index contributed by atoms with van der Waals surface area (Å²) in [5.74, 6) is 1.73. The van der Waals surface area contributed by atoms with Crippen LogP contribution in [0.4, 0.5) is 0 Å². The maximum Gasteiger partial charge on any atom is 0.230 e. The number of benzene rings is 1. The number of oxime groups is 1. The molecule has 126 valence electrons. The molecule has 1 aliphatic heterocycles. The van der Waals surface area contributed by atoms with Gasteiger partial charge in [-0.1, -0.05) is 17.3 Å². The van der Waals surface area contributed by atoms with Gasteiger partial charge in [0, 0.05) is 18.8 Å². The summed E-state index contributed by atoms with van der Waals surface area (Å²) in [5, 5.41) is 13.2. The first-order valence-corrected chi connectivity index (χ1v) is 8.37. The third-order valence-corrected chi connectivity index (χ3v) is 4.19. The van der Waals surface area contributed by atoms with Gasteiger partial charge >= 0.3 is 0 Å². The Labute approximate surface area is 142 Å². The van der Waals surface area contributed by atoms with E-state index in [-0.39, 0.29) is 0 Å². The normalized spacial score (nSPS) is 15.4. The molecule has 1 fully saturated rings. The van der Waals surface area contributed by atoms with Crippen molar-refractivity contribution < 1.29 is 9.94 Å². The van der Waals surface area contributed by atoms with Crippen molar-refractivity contribution in [3.8, 4) is 11.6 Å². The zero-order valence-corrected chi connectivity index (χ0v) is 14.2. The summed E-state index contributed by atoms with van der Waals surface area (Å²) < 4.78 is 6.02. The number of amidine groups is 1. The molecule has 5 heteroatoms. The number of likely N-dealkylation sites (tertiary alicyclic amines) is 1. The van der Waals surface area contributed by atoms with Crippen LogP contribution in [-0.4, -0.2) is 34.0 Å². The maximum absolute atomic E-state index is 9.60. The van der Waals surface area contributed by atoms with Gasteiger partial charge in [0.15, 0.2) is 5.84 Å². The number of pyridine rings is 1. The molecule has 1 aliphatic rings. The molecule has 0 amide bonds. The van der Waals surface area contributed by atoms with Crippen molar-refractivity contribution in [3.63, 3.8) is 0 Å². The van der Waals surface area contributed by atoms with E-state index in [9.17, 15) is 5.21 Å². The Morgan fingerprint density at radius 2 is 1.92 bits per heavy atom. The van der Waals surface area contributed by atoms with E-state index >= 15 is 0 Å². The van der Waals surface area contributed by atoms with E-state index in [1.807, 2.05) is 50.2 Å². The molecule has 3 rings (SSSR count). The Kier molecular flexibility index (Phi) is 4.99. The minimum Gasteiger partial charge on any atom is -0.438 e. The van der Waals surface area contributed by atoms with E-state index < -0.39 is 0 Å². The third kappa shape index (κ3) is 3.67. The molecule has 2 heterocycles. The van der Waals surface area contributed by atoms with Crippen molar-refractivity contribution in [3.05, 3.63) is 53.2 Å². The molecule has 1 aromatic heterocycles. The van der Waals surface area contributed by atoms with Gasteiger partial charge in [-0.05, 0) is 62.9 Å². The summed E-state index contributed by atoms with van der Waals surface area (Å²) in [5.41, 5.74) is 2.69. The van der Waals surface area contributed by atoms with E-state index in [4.69, 9.17) is 4.74 Å². The molecule has 0 spiro atoms. The Balaban J connectivity index is 1.95. The summed E-state index contributed by atoms with van der Waals surface area (Å²) >= 11 is 0. The smallest absolute Gasteiger partial charge is 0.230 e. The first kappa shape index (κ1) is 16.3. The average molecular weight is 325 g/mol. The van der Waals surface area contributed by atoms with Crippen molar-refractivity contribution in [2.45, 2.75) is 33.1 Å². The molecule has 0 saturated carbocycles. The Morgan fingerprint density at radius 3 is 2.62 bits per heavy atom. The topological polar surface area (TPSA) is 58.0 Å².